The summed E-state index contributed by atoms with van der Waals surface area (Å²) >= 11 is 0. The molecule has 2 aromatic heterocycles. The number of aromatic carboxylic acids is 1. The Kier molecular flexibility index (Phi) is 3.61. The van der Waals surface area contributed by atoms with Crippen molar-refractivity contribution >= 4 is 5.97 Å². The molecule has 2 aromatic rings. The first-order valence-electron chi connectivity index (χ1n) is 5.54. The molecule has 6 nitrogen and oxygen atoms in total. The van der Waals surface area contributed by atoms with Crippen LogP contribution < -0.4 is 10.3 Å². The standard InChI is InChI=1S/C13H12N2O4/c1-19-11-4-2-3-10(14-11)8-15-7-9(13(17)18)5-6-12(15)16/h2-7H,8H2,1H3,(H,17,18). The van der Waals surface area contributed by atoms with E-state index in [1.807, 2.05) is 0 Å². The summed E-state index contributed by atoms with van der Waals surface area (Å²) in [6.07, 6.45) is 1.30. The van der Waals surface area contributed by atoms with Gasteiger partial charge in [0, 0.05) is 18.3 Å². The van der Waals surface area contributed by atoms with E-state index in [-0.39, 0.29) is 17.7 Å². The van der Waals surface area contributed by atoms with Crippen LogP contribution in [0.1, 0.15) is 16.1 Å². The molecule has 0 fully saturated rings. The third kappa shape index (κ3) is 2.98. The fourth-order valence-corrected chi connectivity index (χ4v) is 1.62. The van der Waals surface area contributed by atoms with Crippen LogP contribution in [-0.4, -0.2) is 27.7 Å². The number of methoxy groups -OCH3 is 1. The fourth-order valence-electron chi connectivity index (χ4n) is 1.62. The molecule has 0 spiro atoms. The second-order valence-electron chi connectivity index (χ2n) is 3.86. The first kappa shape index (κ1) is 12.8. The van der Waals surface area contributed by atoms with Gasteiger partial charge in [-0.15, -0.1) is 0 Å². The molecule has 0 bridgehead atoms. The highest BCUT2D eigenvalue weighted by atomic mass is 16.5. The molecule has 0 saturated heterocycles. The van der Waals surface area contributed by atoms with E-state index in [0.717, 1.165) is 0 Å². The van der Waals surface area contributed by atoms with Crippen LogP contribution in [0.4, 0.5) is 0 Å². The predicted molar refractivity (Wildman–Crippen MR) is 67.6 cm³/mol. The summed E-state index contributed by atoms with van der Waals surface area (Å²) in [5.41, 5.74) is 0.390. The van der Waals surface area contributed by atoms with Gasteiger partial charge in [0.05, 0.1) is 24.9 Å². The smallest absolute Gasteiger partial charge is 0.337 e. The van der Waals surface area contributed by atoms with Gasteiger partial charge in [-0.1, -0.05) is 6.07 Å². The summed E-state index contributed by atoms with van der Waals surface area (Å²) in [5.74, 6) is -0.632. The van der Waals surface area contributed by atoms with Gasteiger partial charge in [-0.05, 0) is 12.1 Å². The topological polar surface area (TPSA) is 81.4 Å². The first-order chi connectivity index (χ1) is 9.10. The zero-order valence-electron chi connectivity index (χ0n) is 10.2. The lowest BCUT2D eigenvalue weighted by molar-refractivity contribution is 0.0696. The highest BCUT2D eigenvalue weighted by Gasteiger charge is 2.06. The van der Waals surface area contributed by atoms with E-state index in [0.29, 0.717) is 11.6 Å². The van der Waals surface area contributed by atoms with E-state index >= 15 is 0 Å². The molecule has 0 atom stereocenters. The van der Waals surface area contributed by atoms with Gasteiger partial charge in [0.1, 0.15) is 0 Å². The maximum Gasteiger partial charge on any atom is 0.337 e. The van der Waals surface area contributed by atoms with Crippen molar-refractivity contribution in [2.45, 2.75) is 6.54 Å². The molecular weight excluding hydrogens is 248 g/mol. The van der Waals surface area contributed by atoms with Gasteiger partial charge in [-0.25, -0.2) is 9.78 Å². The Bertz CT molecular complexity index is 664. The Hall–Kier alpha value is -2.63. The minimum Gasteiger partial charge on any atom is -0.481 e. The summed E-state index contributed by atoms with van der Waals surface area (Å²) in [4.78, 5) is 26.7. The van der Waals surface area contributed by atoms with Gasteiger partial charge in [0.15, 0.2) is 0 Å². The second kappa shape index (κ2) is 5.34. The number of carboxylic acids is 1. The van der Waals surface area contributed by atoms with Crippen LogP contribution in [0, 0.1) is 0 Å². The maximum absolute atomic E-state index is 11.7. The number of rotatable bonds is 4. The Balaban J connectivity index is 2.34. The van der Waals surface area contributed by atoms with Crippen molar-refractivity contribution in [1.82, 2.24) is 9.55 Å². The number of hydrogen-bond acceptors (Lipinski definition) is 4. The average Bonchev–Trinajstić information content (AvgIpc) is 2.41. The lowest BCUT2D eigenvalue weighted by Crippen LogP contribution is -2.21. The molecule has 0 aliphatic heterocycles. The molecule has 98 valence electrons. The third-order valence-electron chi connectivity index (χ3n) is 2.55. The van der Waals surface area contributed by atoms with Crippen LogP contribution in [0.2, 0.25) is 0 Å². The molecule has 0 aromatic carbocycles. The van der Waals surface area contributed by atoms with Gasteiger partial charge in [-0.3, -0.25) is 4.79 Å². The van der Waals surface area contributed by atoms with Crippen LogP contribution in [0.5, 0.6) is 5.88 Å². The van der Waals surface area contributed by atoms with Crippen molar-refractivity contribution in [3.8, 4) is 5.88 Å². The minimum absolute atomic E-state index is 0.0579. The summed E-state index contributed by atoms with van der Waals surface area (Å²) in [6, 6.07) is 7.69. The zero-order chi connectivity index (χ0) is 13.8. The summed E-state index contributed by atoms with van der Waals surface area (Å²) < 4.78 is 6.29. The SMILES string of the molecule is COc1cccc(Cn2cc(C(=O)O)ccc2=O)n1. The number of carbonyl (C=O) groups is 1. The number of nitrogens with zero attached hydrogens (tertiary/aromatic N) is 2. The van der Waals surface area contributed by atoms with Crippen LogP contribution in [0.15, 0.2) is 41.3 Å². The quantitative estimate of drug-likeness (QED) is 0.886. The van der Waals surface area contributed by atoms with Crippen molar-refractivity contribution < 1.29 is 14.6 Å². The van der Waals surface area contributed by atoms with Crippen LogP contribution in [-0.2, 0) is 6.54 Å². The molecular formula is C13H12N2O4. The molecule has 1 N–H and O–H groups in total. The number of carboxylic acid groups (broad SMARTS) is 1. The molecule has 0 radical (unpaired) electrons. The first-order valence-corrected chi connectivity index (χ1v) is 5.54. The minimum atomic E-state index is -1.08. The largest absolute Gasteiger partial charge is 0.481 e. The van der Waals surface area contributed by atoms with Crippen molar-refractivity contribution in [1.29, 1.82) is 0 Å². The van der Waals surface area contributed by atoms with E-state index in [4.69, 9.17) is 9.84 Å². The monoisotopic (exact) mass is 260 g/mol. The second-order valence-corrected chi connectivity index (χ2v) is 3.86. The number of hydrogen-bond donors (Lipinski definition) is 1. The Morgan fingerprint density at radius 3 is 2.84 bits per heavy atom. The van der Waals surface area contributed by atoms with Crippen molar-refractivity contribution in [3.63, 3.8) is 0 Å². The maximum atomic E-state index is 11.7. The van der Waals surface area contributed by atoms with Crippen molar-refractivity contribution in [2.24, 2.45) is 0 Å². The fraction of sp³-hybridized carbons (Fsp3) is 0.154. The predicted octanol–water partition coefficient (Wildman–Crippen LogP) is 0.998. The summed E-state index contributed by atoms with van der Waals surface area (Å²) in [5, 5.41) is 8.90. The molecule has 6 heteroatoms. The number of pyridine rings is 2. The van der Waals surface area contributed by atoms with Crippen molar-refractivity contribution in [3.05, 3.63) is 58.1 Å². The molecule has 0 saturated carbocycles. The Morgan fingerprint density at radius 2 is 2.16 bits per heavy atom. The van der Waals surface area contributed by atoms with Gasteiger partial charge in [0.25, 0.3) is 5.56 Å². The van der Waals surface area contributed by atoms with Gasteiger partial charge >= 0.3 is 5.97 Å². The summed E-state index contributed by atoms with van der Waals surface area (Å²) in [6.45, 7) is 0.192. The average molecular weight is 260 g/mol. The molecule has 2 heterocycles. The van der Waals surface area contributed by atoms with Gasteiger partial charge < -0.3 is 14.4 Å². The molecule has 0 aliphatic rings. The lowest BCUT2D eigenvalue weighted by atomic mass is 10.2. The molecule has 0 unspecified atom stereocenters. The number of aromatic nitrogens is 2. The van der Waals surface area contributed by atoms with E-state index in [9.17, 15) is 9.59 Å². The molecule has 19 heavy (non-hydrogen) atoms. The van der Waals surface area contributed by atoms with Crippen LogP contribution in [0.3, 0.4) is 0 Å². The van der Waals surface area contributed by atoms with Gasteiger partial charge in [0.2, 0.25) is 5.88 Å². The van der Waals surface area contributed by atoms with Crippen LogP contribution >= 0.6 is 0 Å². The lowest BCUT2D eigenvalue weighted by Gasteiger charge is -2.07. The van der Waals surface area contributed by atoms with Crippen molar-refractivity contribution in [2.75, 3.05) is 7.11 Å². The third-order valence-corrected chi connectivity index (χ3v) is 2.55. The number of ether oxygens (including phenoxy) is 1. The van der Waals surface area contributed by atoms with E-state index in [2.05, 4.69) is 4.98 Å². The van der Waals surface area contributed by atoms with E-state index < -0.39 is 5.97 Å². The van der Waals surface area contributed by atoms with Crippen LogP contribution in [0.25, 0.3) is 0 Å². The van der Waals surface area contributed by atoms with E-state index in [1.54, 1.807) is 18.2 Å². The van der Waals surface area contributed by atoms with E-state index in [1.165, 1.54) is 30.0 Å². The Morgan fingerprint density at radius 1 is 1.37 bits per heavy atom. The zero-order valence-corrected chi connectivity index (χ0v) is 10.2. The molecule has 0 aliphatic carbocycles. The summed E-state index contributed by atoms with van der Waals surface area (Å²) in [7, 11) is 1.50. The molecule has 2 rings (SSSR count). The highest BCUT2D eigenvalue weighted by Crippen LogP contribution is 2.07. The normalized spacial score (nSPS) is 10.2. The highest BCUT2D eigenvalue weighted by molar-refractivity contribution is 5.87. The van der Waals surface area contributed by atoms with Gasteiger partial charge in [-0.2, -0.15) is 0 Å². The Labute approximate surface area is 108 Å². The molecule has 0 amide bonds.